The molecule has 1 fully saturated rings. The molecule has 0 aliphatic heterocycles. The quantitative estimate of drug-likeness (QED) is 0.678. The molecular formula is C11H18N4O3S2. The molecule has 7 nitrogen and oxygen atoms in total. The number of nitrogens with zero attached hydrogens (tertiary/aromatic N) is 1. The minimum Gasteiger partial charge on any atom is -0.382 e. The lowest BCUT2D eigenvalue weighted by molar-refractivity contribution is -0.120. The maximum absolute atomic E-state index is 11.9. The van der Waals surface area contributed by atoms with Crippen molar-refractivity contribution >= 4 is 38.1 Å². The normalized spacial score (nSPS) is 15.1. The SMILES string of the molecule is CCS(=O)(=O)c1c(N)nsc1NCCC(=O)NC1CC1. The molecule has 0 aromatic carbocycles. The third kappa shape index (κ3) is 3.60. The summed E-state index contributed by atoms with van der Waals surface area (Å²) in [5, 5.41) is 6.21. The fraction of sp³-hybridized carbons (Fsp3) is 0.636. The number of carbonyl (C=O) groups is 1. The van der Waals surface area contributed by atoms with Crippen LogP contribution in [0.15, 0.2) is 4.90 Å². The van der Waals surface area contributed by atoms with Crippen LogP contribution in [0, 0.1) is 0 Å². The Morgan fingerprint density at radius 1 is 1.50 bits per heavy atom. The summed E-state index contributed by atoms with van der Waals surface area (Å²) in [5.74, 6) is -0.0499. The first kappa shape index (κ1) is 15.0. The van der Waals surface area contributed by atoms with E-state index in [0.29, 0.717) is 24.0 Å². The number of carbonyl (C=O) groups excluding carboxylic acids is 1. The Labute approximate surface area is 122 Å². The van der Waals surface area contributed by atoms with Crippen LogP contribution in [-0.4, -0.2) is 37.0 Å². The third-order valence-electron chi connectivity index (χ3n) is 2.95. The van der Waals surface area contributed by atoms with Crippen molar-refractivity contribution < 1.29 is 13.2 Å². The molecule has 0 saturated heterocycles. The summed E-state index contributed by atoms with van der Waals surface area (Å²) in [5.41, 5.74) is 5.61. The first-order valence-electron chi connectivity index (χ1n) is 6.45. The van der Waals surface area contributed by atoms with E-state index in [1.54, 1.807) is 6.92 Å². The van der Waals surface area contributed by atoms with Crippen LogP contribution in [0.1, 0.15) is 26.2 Å². The fourth-order valence-electron chi connectivity index (χ4n) is 1.67. The molecule has 112 valence electrons. The van der Waals surface area contributed by atoms with Gasteiger partial charge in [0.1, 0.15) is 9.90 Å². The van der Waals surface area contributed by atoms with Crippen molar-refractivity contribution in [2.75, 3.05) is 23.3 Å². The number of sulfone groups is 1. The number of anilines is 2. The first-order valence-corrected chi connectivity index (χ1v) is 8.87. The Hall–Kier alpha value is -1.35. The van der Waals surface area contributed by atoms with E-state index in [1.165, 1.54) is 0 Å². The van der Waals surface area contributed by atoms with E-state index in [0.717, 1.165) is 24.4 Å². The van der Waals surface area contributed by atoms with Gasteiger partial charge in [0, 0.05) is 19.0 Å². The molecule has 0 unspecified atom stereocenters. The average molecular weight is 318 g/mol. The number of nitrogens with one attached hydrogen (secondary N) is 2. The van der Waals surface area contributed by atoms with E-state index in [9.17, 15) is 13.2 Å². The minimum atomic E-state index is -3.42. The second kappa shape index (κ2) is 5.96. The van der Waals surface area contributed by atoms with Crippen molar-refractivity contribution in [2.24, 2.45) is 0 Å². The summed E-state index contributed by atoms with van der Waals surface area (Å²) >= 11 is 0.999. The third-order valence-corrected chi connectivity index (χ3v) is 5.69. The molecule has 1 aromatic rings. The van der Waals surface area contributed by atoms with Crippen molar-refractivity contribution in [2.45, 2.75) is 37.1 Å². The van der Waals surface area contributed by atoms with Crippen LogP contribution >= 0.6 is 11.5 Å². The summed E-state index contributed by atoms with van der Waals surface area (Å²) < 4.78 is 27.7. The number of hydrogen-bond donors (Lipinski definition) is 3. The molecule has 0 bridgehead atoms. The molecule has 1 amide bonds. The van der Waals surface area contributed by atoms with Gasteiger partial charge in [-0.2, -0.15) is 4.37 Å². The molecule has 4 N–H and O–H groups in total. The number of amides is 1. The molecule has 1 aliphatic rings. The van der Waals surface area contributed by atoms with Crippen LogP contribution in [0.25, 0.3) is 0 Å². The van der Waals surface area contributed by atoms with Gasteiger partial charge in [0.2, 0.25) is 5.91 Å². The molecule has 0 atom stereocenters. The lowest BCUT2D eigenvalue weighted by Gasteiger charge is -2.07. The van der Waals surface area contributed by atoms with Gasteiger partial charge in [-0.15, -0.1) is 0 Å². The number of hydrogen-bond acceptors (Lipinski definition) is 7. The van der Waals surface area contributed by atoms with Crippen molar-refractivity contribution in [1.29, 1.82) is 0 Å². The van der Waals surface area contributed by atoms with Gasteiger partial charge in [-0.25, -0.2) is 8.42 Å². The number of nitrogen functional groups attached to an aromatic ring is 1. The van der Waals surface area contributed by atoms with E-state index in [2.05, 4.69) is 15.0 Å². The van der Waals surface area contributed by atoms with Crippen molar-refractivity contribution in [3.8, 4) is 0 Å². The van der Waals surface area contributed by atoms with Crippen LogP contribution in [0.2, 0.25) is 0 Å². The fourth-order valence-corrected chi connectivity index (χ4v) is 3.86. The molecule has 1 heterocycles. The van der Waals surface area contributed by atoms with Gasteiger partial charge in [0.05, 0.1) is 5.75 Å². The van der Waals surface area contributed by atoms with Crippen LogP contribution in [0.3, 0.4) is 0 Å². The lowest BCUT2D eigenvalue weighted by Crippen LogP contribution is -2.27. The lowest BCUT2D eigenvalue weighted by atomic mass is 10.4. The van der Waals surface area contributed by atoms with Gasteiger partial charge >= 0.3 is 0 Å². The van der Waals surface area contributed by atoms with E-state index >= 15 is 0 Å². The molecule has 2 rings (SSSR count). The Morgan fingerprint density at radius 3 is 2.80 bits per heavy atom. The zero-order valence-electron chi connectivity index (χ0n) is 11.2. The van der Waals surface area contributed by atoms with E-state index < -0.39 is 9.84 Å². The van der Waals surface area contributed by atoms with E-state index in [-0.39, 0.29) is 22.4 Å². The second-order valence-electron chi connectivity index (χ2n) is 4.65. The highest BCUT2D eigenvalue weighted by Gasteiger charge is 2.25. The van der Waals surface area contributed by atoms with Crippen LogP contribution in [0.4, 0.5) is 10.8 Å². The van der Waals surface area contributed by atoms with Crippen molar-refractivity contribution in [1.82, 2.24) is 9.69 Å². The van der Waals surface area contributed by atoms with Gasteiger partial charge < -0.3 is 16.4 Å². The molecule has 1 aromatic heterocycles. The van der Waals surface area contributed by atoms with E-state index in [1.807, 2.05) is 0 Å². The molecule has 20 heavy (non-hydrogen) atoms. The topological polar surface area (TPSA) is 114 Å². The van der Waals surface area contributed by atoms with Gasteiger partial charge in [-0.1, -0.05) is 6.92 Å². The predicted molar refractivity (Wildman–Crippen MR) is 78.5 cm³/mol. The van der Waals surface area contributed by atoms with Crippen molar-refractivity contribution in [3.05, 3.63) is 0 Å². The van der Waals surface area contributed by atoms with Crippen molar-refractivity contribution in [3.63, 3.8) is 0 Å². The van der Waals surface area contributed by atoms with E-state index in [4.69, 9.17) is 5.73 Å². The molecule has 1 aliphatic carbocycles. The molecule has 0 spiro atoms. The Balaban J connectivity index is 1.94. The summed E-state index contributed by atoms with van der Waals surface area (Å²) in [4.78, 5) is 11.6. The van der Waals surface area contributed by atoms with Crippen LogP contribution in [-0.2, 0) is 14.6 Å². The maximum atomic E-state index is 11.9. The van der Waals surface area contributed by atoms with Gasteiger partial charge in [0.25, 0.3) is 0 Å². The molecule has 9 heteroatoms. The molecule has 0 radical (unpaired) electrons. The van der Waals surface area contributed by atoms with Crippen LogP contribution < -0.4 is 16.4 Å². The highest BCUT2D eigenvalue weighted by Crippen LogP contribution is 2.32. The summed E-state index contributed by atoms with van der Waals surface area (Å²) in [6, 6.07) is 0.331. The summed E-state index contributed by atoms with van der Waals surface area (Å²) in [6.45, 7) is 1.91. The van der Waals surface area contributed by atoms with Gasteiger partial charge in [-0.3, -0.25) is 4.79 Å². The van der Waals surface area contributed by atoms with Crippen LogP contribution in [0.5, 0.6) is 0 Å². The average Bonchev–Trinajstić information content (AvgIpc) is 3.11. The zero-order chi connectivity index (χ0) is 14.8. The summed E-state index contributed by atoms with van der Waals surface area (Å²) in [6.07, 6.45) is 2.38. The van der Waals surface area contributed by atoms with Gasteiger partial charge in [0.15, 0.2) is 15.7 Å². The zero-order valence-corrected chi connectivity index (χ0v) is 12.8. The highest BCUT2D eigenvalue weighted by atomic mass is 32.2. The monoisotopic (exact) mass is 318 g/mol. The highest BCUT2D eigenvalue weighted by molar-refractivity contribution is 7.91. The second-order valence-corrected chi connectivity index (χ2v) is 7.64. The largest absolute Gasteiger partial charge is 0.382 e. The Kier molecular flexibility index (Phi) is 4.48. The number of nitrogens with two attached hydrogens (primary N) is 1. The standard InChI is InChI=1S/C11H18N4O3S2/c1-2-20(17,18)9-10(12)15-19-11(9)13-6-5-8(16)14-7-3-4-7/h7,13H,2-6H2,1H3,(H2,12,15)(H,14,16). The maximum Gasteiger partial charge on any atom is 0.221 e. The first-order chi connectivity index (χ1) is 9.44. The Morgan fingerprint density at radius 2 is 2.20 bits per heavy atom. The predicted octanol–water partition coefficient (Wildman–Crippen LogP) is 0.599. The molecular weight excluding hydrogens is 300 g/mol. The smallest absolute Gasteiger partial charge is 0.221 e. The Bertz CT molecular complexity index is 593. The number of aromatic nitrogens is 1. The van der Waals surface area contributed by atoms with Gasteiger partial charge in [-0.05, 0) is 24.4 Å². The molecule has 1 saturated carbocycles. The number of rotatable bonds is 7. The minimum absolute atomic E-state index is 0.0155. The summed E-state index contributed by atoms with van der Waals surface area (Å²) in [7, 11) is -3.42.